The van der Waals surface area contributed by atoms with E-state index in [0.717, 1.165) is 15.4 Å². The molecule has 3 aliphatic heterocycles. The number of nitrogens with zero attached hydrogens (tertiary/aromatic N) is 3. The second-order valence-corrected chi connectivity index (χ2v) is 13.5. The summed E-state index contributed by atoms with van der Waals surface area (Å²) in [7, 11) is 0. The Morgan fingerprint density at radius 2 is 1.75 bits per heavy atom. The van der Waals surface area contributed by atoms with Gasteiger partial charge in [0.05, 0.1) is 17.4 Å². The number of carboxylic acid groups (broad SMARTS) is 1. The van der Waals surface area contributed by atoms with Gasteiger partial charge in [0.1, 0.15) is 17.2 Å². The number of carboxylic acids is 1. The van der Waals surface area contributed by atoms with Gasteiger partial charge in [0.2, 0.25) is 18.4 Å². The number of aliphatic carboxylic acids is 1. The summed E-state index contributed by atoms with van der Waals surface area (Å²) in [5.41, 5.74) is 1.92. The lowest BCUT2D eigenvalue weighted by atomic mass is 10.0. The Hall–Kier alpha value is -5.08. The Bertz CT molecular complexity index is 1810. The van der Waals surface area contributed by atoms with Crippen LogP contribution < -0.4 is 20.3 Å². The van der Waals surface area contributed by atoms with Crippen molar-refractivity contribution in [1.29, 1.82) is 0 Å². The SMILES string of the molecule is O=C(C[n+]1ccc(CN2CCC(=CC3=C(C(=O)[O-])N4C(=O)[C@@H](NC(=O)CSc5ccccc5)[C@H]4SC3)C2=O)cc1)Nc1ccc(O)cc1. The zero-order valence-corrected chi connectivity index (χ0v) is 27.2. The van der Waals surface area contributed by atoms with E-state index in [-0.39, 0.29) is 47.2 Å². The van der Waals surface area contributed by atoms with Crippen molar-refractivity contribution in [3.8, 4) is 5.75 Å². The quantitative estimate of drug-likeness (QED) is 0.0885. The first-order valence-electron chi connectivity index (χ1n) is 15.1. The van der Waals surface area contributed by atoms with E-state index in [1.54, 1.807) is 40.1 Å². The number of likely N-dealkylation sites (tertiary alicyclic amines) is 1. The summed E-state index contributed by atoms with van der Waals surface area (Å²) in [4.78, 5) is 67.2. The molecule has 3 aromatic rings. The molecule has 2 aromatic carbocycles. The maximum absolute atomic E-state index is 13.3. The molecule has 0 spiro atoms. The predicted molar refractivity (Wildman–Crippen MR) is 176 cm³/mol. The molecule has 2 saturated heterocycles. The molecule has 6 rings (SSSR count). The van der Waals surface area contributed by atoms with Gasteiger partial charge in [0.25, 0.3) is 11.8 Å². The Morgan fingerprint density at radius 1 is 1.02 bits per heavy atom. The second kappa shape index (κ2) is 14.4. The molecule has 0 saturated carbocycles. The van der Waals surface area contributed by atoms with E-state index in [1.165, 1.54) is 35.7 Å². The van der Waals surface area contributed by atoms with Crippen molar-refractivity contribution in [2.24, 2.45) is 0 Å². The third kappa shape index (κ3) is 7.39. The number of thioether (sulfide) groups is 2. The number of carbonyl (C=O) groups excluding carboxylic acids is 5. The van der Waals surface area contributed by atoms with Crippen LogP contribution in [0, 0.1) is 0 Å². The molecule has 2 fully saturated rings. The number of benzene rings is 2. The fraction of sp³-hybridized carbons (Fsp3) is 0.235. The number of fused-ring (bicyclic) bond motifs is 1. The van der Waals surface area contributed by atoms with Gasteiger partial charge < -0.3 is 30.5 Å². The number of hydrogen-bond donors (Lipinski definition) is 3. The lowest BCUT2D eigenvalue weighted by molar-refractivity contribution is -0.684. The zero-order chi connectivity index (χ0) is 33.8. The molecule has 0 bridgehead atoms. The minimum atomic E-state index is -1.51. The van der Waals surface area contributed by atoms with Crippen LogP contribution in [0.4, 0.5) is 5.69 Å². The van der Waals surface area contributed by atoms with Crippen molar-refractivity contribution < 1.29 is 38.8 Å². The van der Waals surface area contributed by atoms with Crippen LogP contribution in [-0.4, -0.2) is 74.0 Å². The van der Waals surface area contributed by atoms with E-state index in [0.29, 0.717) is 36.3 Å². The Kier molecular flexibility index (Phi) is 9.82. The number of pyridine rings is 1. The number of amides is 4. The Labute approximate surface area is 284 Å². The van der Waals surface area contributed by atoms with Crippen LogP contribution in [0.25, 0.3) is 0 Å². The van der Waals surface area contributed by atoms with Crippen LogP contribution in [-0.2, 0) is 37.1 Å². The van der Waals surface area contributed by atoms with Crippen LogP contribution in [0.5, 0.6) is 5.75 Å². The monoisotopic (exact) mass is 685 g/mol. The normalized spacial score (nSPS) is 19.6. The van der Waals surface area contributed by atoms with Gasteiger partial charge in [0.15, 0.2) is 12.4 Å². The maximum atomic E-state index is 13.3. The van der Waals surface area contributed by atoms with E-state index in [1.807, 2.05) is 42.5 Å². The molecular formula is C34H31N5O7S2. The fourth-order valence-electron chi connectivity index (χ4n) is 5.62. The average Bonchev–Trinajstić information content (AvgIpc) is 3.42. The first kappa shape index (κ1) is 32.8. The lowest BCUT2D eigenvalue weighted by Gasteiger charge is -2.50. The van der Waals surface area contributed by atoms with Crippen molar-refractivity contribution in [3.63, 3.8) is 0 Å². The minimum Gasteiger partial charge on any atom is -0.543 e. The van der Waals surface area contributed by atoms with E-state index in [9.17, 15) is 34.2 Å². The summed E-state index contributed by atoms with van der Waals surface area (Å²) < 4.78 is 1.70. The van der Waals surface area contributed by atoms with Gasteiger partial charge in [-0.05, 0) is 60.0 Å². The average molecular weight is 686 g/mol. The number of allylic oxidation sites excluding steroid dienone is 1. The maximum Gasteiger partial charge on any atom is 0.290 e. The molecule has 4 amide bonds. The van der Waals surface area contributed by atoms with Crippen LogP contribution in [0.3, 0.4) is 0 Å². The standard InChI is InChI=1S/C34H31N5O7S2/c40-25-8-6-24(7-9-25)35-27(41)18-37-13-10-21(11-14-37)17-38-15-12-22(31(38)43)16-23-19-48-33-29(32(44)39(33)30(23)34(45)46)36-28(42)20-47-26-4-2-1-3-5-26/h1-11,13-14,16,29,33H,12,15,17-20H2,(H3-,35,36,40,41,42,45,46)/t29-,33-/m1/s1. The number of aromatic nitrogens is 1. The molecule has 12 nitrogen and oxygen atoms in total. The van der Waals surface area contributed by atoms with E-state index in [4.69, 9.17) is 0 Å². The summed E-state index contributed by atoms with van der Waals surface area (Å²) >= 11 is 2.67. The van der Waals surface area contributed by atoms with Gasteiger partial charge in [-0.2, -0.15) is 4.57 Å². The second-order valence-electron chi connectivity index (χ2n) is 11.3. The van der Waals surface area contributed by atoms with E-state index < -0.39 is 23.3 Å². The van der Waals surface area contributed by atoms with Crippen molar-refractivity contribution in [3.05, 3.63) is 108 Å². The number of hydrogen-bond acceptors (Lipinski definition) is 9. The van der Waals surface area contributed by atoms with Gasteiger partial charge in [0, 0.05) is 47.1 Å². The fourth-order valence-corrected chi connectivity index (χ4v) is 7.65. The summed E-state index contributed by atoms with van der Waals surface area (Å²) in [6, 6.07) is 18.4. The number of aromatic hydroxyl groups is 1. The van der Waals surface area contributed by atoms with Gasteiger partial charge in [-0.15, -0.1) is 23.5 Å². The highest BCUT2D eigenvalue weighted by Gasteiger charge is 2.52. The highest BCUT2D eigenvalue weighted by atomic mass is 32.2. The van der Waals surface area contributed by atoms with Gasteiger partial charge in [-0.25, -0.2) is 0 Å². The first-order chi connectivity index (χ1) is 23.2. The molecule has 0 unspecified atom stereocenters. The van der Waals surface area contributed by atoms with Crippen molar-refractivity contribution >= 4 is 58.8 Å². The molecule has 246 valence electrons. The van der Waals surface area contributed by atoms with Crippen LogP contribution in [0.2, 0.25) is 0 Å². The molecule has 48 heavy (non-hydrogen) atoms. The topological polar surface area (TPSA) is 163 Å². The predicted octanol–water partition coefficient (Wildman–Crippen LogP) is 1.17. The van der Waals surface area contributed by atoms with Gasteiger partial charge >= 0.3 is 0 Å². The first-order valence-corrected chi connectivity index (χ1v) is 17.1. The summed E-state index contributed by atoms with van der Waals surface area (Å²) in [6.07, 6.45) is 5.46. The molecule has 3 N–H and O–H groups in total. The lowest BCUT2D eigenvalue weighted by Crippen LogP contribution is -2.71. The number of phenolic OH excluding ortho intramolecular Hbond substituents is 1. The summed E-state index contributed by atoms with van der Waals surface area (Å²) in [5.74, 6) is -2.37. The molecule has 4 heterocycles. The van der Waals surface area contributed by atoms with Gasteiger partial charge in [-0.1, -0.05) is 18.2 Å². The molecule has 1 aromatic heterocycles. The van der Waals surface area contributed by atoms with Crippen molar-refractivity contribution in [2.75, 3.05) is 23.4 Å². The highest BCUT2D eigenvalue weighted by molar-refractivity contribution is 8.00. The van der Waals surface area contributed by atoms with E-state index >= 15 is 0 Å². The minimum absolute atomic E-state index is 0.0748. The Morgan fingerprint density at radius 3 is 2.46 bits per heavy atom. The third-order valence-electron chi connectivity index (χ3n) is 7.99. The number of anilines is 1. The number of β-lactam (4-membered cyclic amide) rings is 1. The number of rotatable bonds is 11. The molecule has 0 aliphatic carbocycles. The summed E-state index contributed by atoms with van der Waals surface area (Å²) in [5, 5.41) is 26.5. The largest absolute Gasteiger partial charge is 0.543 e. The number of nitrogens with one attached hydrogen (secondary N) is 2. The van der Waals surface area contributed by atoms with Gasteiger partial charge in [-0.3, -0.25) is 24.1 Å². The Balaban J connectivity index is 1.04. The molecular weight excluding hydrogens is 655 g/mol. The van der Waals surface area contributed by atoms with Crippen LogP contribution in [0.15, 0.2) is 107 Å². The summed E-state index contributed by atoms with van der Waals surface area (Å²) in [6.45, 7) is 0.843. The van der Waals surface area contributed by atoms with Crippen molar-refractivity contribution in [1.82, 2.24) is 15.1 Å². The zero-order valence-electron chi connectivity index (χ0n) is 25.5. The molecule has 3 aliphatic rings. The molecule has 0 radical (unpaired) electrons. The third-order valence-corrected chi connectivity index (χ3v) is 10.3. The van der Waals surface area contributed by atoms with Crippen molar-refractivity contribution in [2.45, 2.75) is 35.8 Å². The number of carbonyl (C=O) groups is 5. The van der Waals surface area contributed by atoms with E-state index in [2.05, 4.69) is 10.6 Å². The number of phenols is 1. The van der Waals surface area contributed by atoms with Crippen LogP contribution >= 0.6 is 23.5 Å². The molecule has 2 atom stereocenters. The van der Waals surface area contributed by atoms with Crippen LogP contribution in [0.1, 0.15) is 12.0 Å². The highest BCUT2D eigenvalue weighted by Crippen LogP contribution is 2.41. The smallest absolute Gasteiger partial charge is 0.290 e. The molecule has 14 heteroatoms.